The number of nitrogens with one attached hydrogen (secondary N) is 1. The van der Waals surface area contributed by atoms with E-state index in [0.29, 0.717) is 30.4 Å². The molecule has 0 radical (unpaired) electrons. The summed E-state index contributed by atoms with van der Waals surface area (Å²) in [5.41, 5.74) is 4.17. The molecule has 3 heterocycles. The summed E-state index contributed by atoms with van der Waals surface area (Å²) in [5, 5.41) is 8.84. The van der Waals surface area contributed by atoms with Crippen LogP contribution in [0.1, 0.15) is 43.9 Å². The first-order valence-corrected chi connectivity index (χ1v) is 10.5. The summed E-state index contributed by atoms with van der Waals surface area (Å²) in [7, 11) is 0. The molecule has 1 unspecified atom stereocenters. The van der Waals surface area contributed by atoms with Gasteiger partial charge in [-0.05, 0) is 19.3 Å². The Balaban J connectivity index is 1.86. The molecule has 0 saturated carbocycles. The van der Waals surface area contributed by atoms with E-state index in [9.17, 15) is 4.79 Å². The third-order valence-corrected chi connectivity index (χ3v) is 5.02. The van der Waals surface area contributed by atoms with E-state index in [1.165, 1.54) is 0 Å². The molecule has 160 valence electrons. The molecule has 0 saturated heterocycles. The number of nitrogens with zero attached hydrogens (tertiary/aromatic N) is 5. The van der Waals surface area contributed by atoms with Gasteiger partial charge in [0.15, 0.2) is 11.5 Å². The van der Waals surface area contributed by atoms with Crippen LogP contribution in [0.25, 0.3) is 16.9 Å². The van der Waals surface area contributed by atoms with Gasteiger partial charge in [-0.25, -0.2) is 9.97 Å². The van der Waals surface area contributed by atoms with Crippen LogP contribution in [0.4, 0.5) is 0 Å². The Labute approximate surface area is 180 Å². The van der Waals surface area contributed by atoms with Crippen molar-refractivity contribution in [3.8, 4) is 11.3 Å². The number of hydrogen-bond donors (Lipinski definition) is 1. The number of rotatable bonds is 8. The van der Waals surface area contributed by atoms with Crippen LogP contribution >= 0.6 is 0 Å². The van der Waals surface area contributed by atoms with Crippen LogP contribution < -0.4 is 0 Å². The van der Waals surface area contributed by atoms with Crippen molar-refractivity contribution in [2.75, 3.05) is 6.61 Å². The van der Waals surface area contributed by atoms with E-state index >= 15 is 0 Å². The lowest BCUT2D eigenvalue weighted by molar-refractivity contribution is -0.145. The smallest absolute Gasteiger partial charge is 0.317 e. The number of ether oxygens (including phenoxy) is 1. The SMILES string of the molecule is CCOC(=O)C(Cc1cnc[nH]1)c1nnc2c(CC(C)C)nc(-c3ccccc3)cn12. The summed E-state index contributed by atoms with van der Waals surface area (Å²) >= 11 is 0. The maximum atomic E-state index is 12.9. The molecular formula is C23H26N6O2. The number of fused-ring (bicyclic) bond motifs is 1. The minimum absolute atomic E-state index is 0.296. The molecular weight excluding hydrogens is 392 g/mol. The van der Waals surface area contributed by atoms with E-state index in [1.807, 2.05) is 40.9 Å². The maximum absolute atomic E-state index is 12.9. The Morgan fingerprint density at radius 1 is 1.16 bits per heavy atom. The standard InChI is InChI=1S/C23H26N6O2/c1-4-31-23(30)18(11-17-12-24-14-25-17)21-27-28-22-19(10-15(2)3)26-20(13-29(21)22)16-8-6-5-7-9-16/h5-9,12-15,18H,4,10-11H2,1-3H3,(H,24,25). The number of aromatic amines is 1. The van der Waals surface area contributed by atoms with E-state index in [0.717, 1.165) is 29.1 Å². The van der Waals surface area contributed by atoms with E-state index < -0.39 is 5.92 Å². The minimum atomic E-state index is -0.617. The second-order valence-electron chi connectivity index (χ2n) is 7.87. The van der Waals surface area contributed by atoms with Crippen LogP contribution in [-0.4, -0.2) is 42.1 Å². The molecule has 0 amide bonds. The minimum Gasteiger partial charge on any atom is -0.465 e. The Morgan fingerprint density at radius 2 is 1.97 bits per heavy atom. The van der Waals surface area contributed by atoms with Gasteiger partial charge < -0.3 is 9.72 Å². The molecule has 0 aliphatic rings. The number of benzene rings is 1. The van der Waals surface area contributed by atoms with Gasteiger partial charge in [-0.2, -0.15) is 0 Å². The molecule has 0 fully saturated rings. The van der Waals surface area contributed by atoms with E-state index in [-0.39, 0.29) is 5.97 Å². The van der Waals surface area contributed by atoms with Crippen LogP contribution in [0.2, 0.25) is 0 Å². The van der Waals surface area contributed by atoms with Crippen molar-refractivity contribution >= 4 is 11.6 Å². The fraction of sp³-hybridized carbons (Fsp3) is 0.348. The summed E-state index contributed by atoms with van der Waals surface area (Å²) in [6, 6.07) is 9.98. The quantitative estimate of drug-likeness (QED) is 0.439. The van der Waals surface area contributed by atoms with Crippen molar-refractivity contribution in [3.05, 3.63) is 66.3 Å². The van der Waals surface area contributed by atoms with Crippen molar-refractivity contribution in [2.45, 2.75) is 39.5 Å². The van der Waals surface area contributed by atoms with Gasteiger partial charge in [-0.15, -0.1) is 10.2 Å². The van der Waals surface area contributed by atoms with Crippen molar-refractivity contribution in [1.29, 1.82) is 0 Å². The number of carbonyl (C=O) groups excluding carboxylic acids is 1. The topological polar surface area (TPSA) is 98.1 Å². The molecule has 0 spiro atoms. The summed E-state index contributed by atoms with van der Waals surface area (Å²) in [5.74, 6) is -0.0239. The number of H-pyrrole nitrogens is 1. The average Bonchev–Trinajstić information content (AvgIpc) is 3.42. The highest BCUT2D eigenvalue weighted by Gasteiger charge is 2.29. The summed E-state index contributed by atoms with van der Waals surface area (Å²) in [4.78, 5) is 24.9. The molecule has 1 aromatic carbocycles. The number of imidazole rings is 1. The van der Waals surface area contributed by atoms with E-state index in [2.05, 4.69) is 34.0 Å². The zero-order valence-electron chi connectivity index (χ0n) is 17.9. The molecule has 0 bridgehead atoms. The third-order valence-electron chi connectivity index (χ3n) is 5.02. The predicted molar refractivity (Wildman–Crippen MR) is 116 cm³/mol. The molecule has 4 aromatic rings. The molecule has 4 rings (SSSR count). The van der Waals surface area contributed by atoms with Gasteiger partial charge in [-0.3, -0.25) is 9.20 Å². The monoisotopic (exact) mass is 418 g/mol. The van der Waals surface area contributed by atoms with Crippen molar-refractivity contribution in [1.82, 2.24) is 29.5 Å². The number of hydrogen-bond acceptors (Lipinski definition) is 6. The van der Waals surface area contributed by atoms with E-state index in [1.54, 1.807) is 19.4 Å². The first-order chi connectivity index (χ1) is 15.1. The fourth-order valence-corrected chi connectivity index (χ4v) is 3.62. The lowest BCUT2D eigenvalue weighted by Gasteiger charge is -2.15. The molecule has 0 aliphatic heterocycles. The van der Waals surface area contributed by atoms with Gasteiger partial charge in [0, 0.05) is 30.1 Å². The van der Waals surface area contributed by atoms with Gasteiger partial charge in [0.05, 0.1) is 24.3 Å². The van der Waals surface area contributed by atoms with Gasteiger partial charge in [0.2, 0.25) is 0 Å². The Morgan fingerprint density at radius 3 is 2.65 bits per heavy atom. The second-order valence-corrected chi connectivity index (χ2v) is 7.87. The van der Waals surface area contributed by atoms with Gasteiger partial charge in [0.1, 0.15) is 5.92 Å². The van der Waals surface area contributed by atoms with Crippen LogP contribution in [0.5, 0.6) is 0 Å². The van der Waals surface area contributed by atoms with Crippen molar-refractivity contribution in [3.63, 3.8) is 0 Å². The number of aromatic nitrogens is 6. The van der Waals surface area contributed by atoms with Crippen LogP contribution in [0.3, 0.4) is 0 Å². The lowest BCUT2D eigenvalue weighted by atomic mass is 10.0. The third kappa shape index (κ3) is 4.47. The molecule has 3 aromatic heterocycles. The lowest BCUT2D eigenvalue weighted by Crippen LogP contribution is -2.21. The Hall–Kier alpha value is -3.55. The molecule has 8 heteroatoms. The second kappa shape index (κ2) is 9.07. The highest BCUT2D eigenvalue weighted by atomic mass is 16.5. The highest BCUT2D eigenvalue weighted by Crippen LogP contribution is 2.26. The van der Waals surface area contributed by atoms with Gasteiger partial charge in [-0.1, -0.05) is 44.2 Å². The fourth-order valence-electron chi connectivity index (χ4n) is 3.62. The molecule has 1 atom stereocenters. The number of esters is 1. The van der Waals surface area contributed by atoms with Crippen molar-refractivity contribution < 1.29 is 9.53 Å². The molecule has 31 heavy (non-hydrogen) atoms. The number of carbonyl (C=O) groups is 1. The van der Waals surface area contributed by atoms with Gasteiger partial charge >= 0.3 is 5.97 Å². The predicted octanol–water partition coefficient (Wildman–Crippen LogP) is 3.60. The molecule has 0 aliphatic carbocycles. The molecule has 1 N–H and O–H groups in total. The zero-order chi connectivity index (χ0) is 21.8. The first-order valence-electron chi connectivity index (χ1n) is 10.5. The Bertz CT molecular complexity index is 1150. The van der Waals surface area contributed by atoms with Crippen LogP contribution in [-0.2, 0) is 22.4 Å². The highest BCUT2D eigenvalue weighted by molar-refractivity contribution is 5.78. The largest absolute Gasteiger partial charge is 0.465 e. The van der Waals surface area contributed by atoms with Crippen molar-refractivity contribution in [2.24, 2.45) is 5.92 Å². The van der Waals surface area contributed by atoms with Crippen LogP contribution in [0.15, 0.2) is 49.1 Å². The average molecular weight is 419 g/mol. The summed E-state index contributed by atoms with van der Waals surface area (Å²) in [6.07, 6.45) is 6.35. The van der Waals surface area contributed by atoms with Gasteiger partial charge in [0.25, 0.3) is 0 Å². The zero-order valence-corrected chi connectivity index (χ0v) is 17.9. The molecule has 8 nitrogen and oxygen atoms in total. The Kier molecular flexibility index (Phi) is 6.06. The maximum Gasteiger partial charge on any atom is 0.317 e. The summed E-state index contributed by atoms with van der Waals surface area (Å²) in [6.45, 7) is 6.38. The normalized spacial score (nSPS) is 12.4. The van der Waals surface area contributed by atoms with E-state index in [4.69, 9.17) is 9.72 Å². The first kappa shape index (κ1) is 20.7. The summed E-state index contributed by atoms with van der Waals surface area (Å²) < 4.78 is 7.26. The van der Waals surface area contributed by atoms with Crippen LogP contribution in [0, 0.1) is 5.92 Å².